The Morgan fingerprint density at radius 3 is 2.56 bits per heavy atom. The van der Waals surface area contributed by atoms with Gasteiger partial charge >= 0.3 is 0 Å². The minimum atomic E-state index is -0.206. The lowest BCUT2D eigenvalue weighted by Gasteiger charge is -2.21. The second kappa shape index (κ2) is 7.83. The van der Waals surface area contributed by atoms with E-state index in [1.165, 1.54) is 0 Å². The first kappa shape index (κ1) is 17.0. The lowest BCUT2D eigenvalue weighted by molar-refractivity contribution is 0.0954. The SMILES string of the molecule is CCN(CC)c1ccc(C(=O)N/N=C2/CCOc3ccccc32)cc1. The van der Waals surface area contributed by atoms with Crippen molar-refractivity contribution >= 4 is 17.3 Å². The van der Waals surface area contributed by atoms with E-state index in [-0.39, 0.29) is 5.91 Å². The minimum absolute atomic E-state index is 0.206. The van der Waals surface area contributed by atoms with Crippen LogP contribution in [0.3, 0.4) is 0 Å². The maximum Gasteiger partial charge on any atom is 0.271 e. The van der Waals surface area contributed by atoms with Crippen LogP contribution in [-0.2, 0) is 0 Å². The first-order valence-electron chi connectivity index (χ1n) is 8.67. The molecule has 0 spiro atoms. The second-order valence-corrected chi connectivity index (χ2v) is 5.81. The van der Waals surface area contributed by atoms with Gasteiger partial charge in [-0.25, -0.2) is 5.43 Å². The zero-order valence-corrected chi connectivity index (χ0v) is 14.7. The number of fused-ring (bicyclic) bond motifs is 1. The van der Waals surface area contributed by atoms with Gasteiger partial charge in [0.25, 0.3) is 5.91 Å². The number of hydrazone groups is 1. The molecule has 1 aliphatic rings. The Balaban J connectivity index is 1.71. The molecule has 5 heteroatoms. The summed E-state index contributed by atoms with van der Waals surface area (Å²) in [5, 5.41) is 4.32. The highest BCUT2D eigenvalue weighted by Gasteiger charge is 2.16. The van der Waals surface area contributed by atoms with Crippen molar-refractivity contribution in [1.82, 2.24) is 5.43 Å². The molecule has 0 aliphatic carbocycles. The highest BCUT2D eigenvalue weighted by atomic mass is 16.5. The Labute approximate surface area is 148 Å². The van der Waals surface area contributed by atoms with Gasteiger partial charge in [-0.05, 0) is 50.2 Å². The van der Waals surface area contributed by atoms with Crippen LogP contribution in [0.2, 0.25) is 0 Å². The number of benzene rings is 2. The number of rotatable bonds is 5. The number of amides is 1. The van der Waals surface area contributed by atoms with E-state index in [1.54, 1.807) is 0 Å². The Morgan fingerprint density at radius 2 is 1.84 bits per heavy atom. The average Bonchev–Trinajstić information content (AvgIpc) is 2.67. The summed E-state index contributed by atoms with van der Waals surface area (Å²) in [6.07, 6.45) is 0.679. The van der Waals surface area contributed by atoms with Gasteiger partial charge in [0, 0.05) is 36.3 Å². The van der Waals surface area contributed by atoms with E-state index in [2.05, 4.69) is 29.3 Å². The number of para-hydroxylation sites is 1. The summed E-state index contributed by atoms with van der Waals surface area (Å²) in [6, 6.07) is 15.4. The van der Waals surface area contributed by atoms with Crippen molar-refractivity contribution in [2.45, 2.75) is 20.3 Å². The Hall–Kier alpha value is -2.82. The summed E-state index contributed by atoms with van der Waals surface area (Å²) in [5.41, 5.74) is 6.16. The molecule has 1 N–H and O–H groups in total. The van der Waals surface area contributed by atoms with Crippen molar-refractivity contribution in [3.63, 3.8) is 0 Å². The molecule has 0 saturated heterocycles. The molecule has 0 unspecified atom stereocenters. The predicted molar refractivity (Wildman–Crippen MR) is 101 cm³/mol. The number of hydrogen-bond acceptors (Lipinski definition) is 4. The van der Waals surface area contributed by atoms with Gasteiger partial charge in [-0.15, -0.1) is 0 Å². The van der Waals surface area contributed by atoms with E-state index in [9.17, 15) is 4.79 Å². The van der Waals surface area contributed by atoms with Crippen LogP contribution in [0.4, 0.5) is 5.69 Å². The highest BCUT2D eigenvalue weighted by molar-refractivity contribution is 6.04. The molecule has 1 heterocycles. The number of anilines is 1. The van der Waals surface area contributed by atoms with Crippen molar-refractivity contribution in [1.29, 1.82) is 0 Å². The van der Waals surface area contributed by atoms with Crippen LogP contribution >= 0.6 is 0 Å². The van der Waals surface area contributed by atoms with E-state index in [0.717, 1.165) is 35.8 Å². The Kier molecular flexibility index (Phi) is 5.33. The zero-order valence-electron chi connectivity index (χ0n) is 14.7. The monoisotopic (exact) mass is 337 g/mol. The number of ether oxygens (including phenoxy) is 1. The van der Waals surface area contributed by atoms with E-state index in [4.69, 9.17) is 4.74 Å². The molecule has 0 atom stereocenters. The molecule has 130 valence electrons. The topological polar surface area (TPSA) is 53.9 Å². The number of carbonyl (C=O) groups excluding carboxylic acids is 1. The minimum Gasteiger partial charge on any atom is -0.492 e. The number of nitrogens with zero attached hydrogens (tertiary/aromatic N) is 2. The van der Waals surface area contributed by atoms with Crippen LogP contribution < -0.4 is 15.1 Å². The summed E-state index contributed by atoms with van der Waals surface area (Å²) < 4.78 is 5.60. The van der Waals surface area contributed by atoms with E-state index in [0.29, 0.717) is 18.6 Å². The predicted octanol–water partition coefficient (Wildman–Crippen LogP) is 3.45. The van der Waals surface area contributed by atoms with Gasteiger partial charge in [0.05, 0.1) is 12.3 Å². The van der Waals surface area contributed by atoms with E-state index < -0.39 is 0 Å². The summed E-state index contributed by atoms with van der Waals surface area (Å²) in [5.74, 6) is 0.605. The lowest BCUT2D eigenvalue weighted by atomic mass is 10.0. The van der Waals surface area contributed by atoms with Crippen LogP contribution in [0, 0.1) is 0 Å². The third kappa shape index (κ3) is 3.82. The summed E-state index contributed by atoms with van der Waals surface area (Å²) in [4.78, 5) is 14.6. The number of hydrogen-bond donors (Lipinski definition) is 1. The van der Waals surface area contributed by atoms with Crippen molar-refractivity contribution in [3.8, 4) is 5.75 Å². The van der Waals surface area contributed by atoms with Crippen molar-refractivity contribution in [2.75, 3.05) is 24.6 Å². The highest BCUT2D eigenvalue weighted by Crippen LogP contribution is 2.24. The molecule has 25 heavy (non-hydrogen) atoms. The van der Waals surface area contributed by atoms with Crippen LogP contribution in [0.5, 0.6) is 5.75 Å². The fourth-order valence-corrected chi connectivity index (χ4v) is 2.93. The molecule has 3 rings (SSSR count). The molecule has 0 saturated carbocycles. The van der Waals surface area contributed by atoms with Gasteiger partial charge < -0.3 is 9.64 Å². The molecule has 2 aromatic carbocycles. The third-order valence-corrected chi connectivity index (χ3v) is 4.34. The first-order valence-corrected chi connectivity index (χ1v) is 8.67. The lowest BCUT2D eigenvalue weighted by Crippen LogP contribution is -2.24. The molecule has 0 aromatic heterocycles. The number of nitrogens with one attached hydrogen (secondary N) is 1. The standard InChI is InChI=1S/C20H23N3O2/c1-3-23(4-2)16-11-9-15(10-12-16)20(24)22-21-18-13-14-25-19-8-6-5-7-17(18)19/h5-12H,3-4,13-14H2,1-2H3,(H,22,24)/b21-18-. The molecular weight excluding hydrogens is 314 g/mol. The Morgan fingerprint density at radius 1 is 1.12 bits per heavy atom. The molecule has 1 aliphatic heterocycles. The van der Waals surface area contributed by atoms with Gasteiger partial charge in [0.2, 0.25) is 0 Å². The van der Waals surface area contributed by atoms with Crippen LogP contribution in [-0.4, -0.2) is 31.3 Å². The van der Waals surface area contributed by atoms with Gasteiger partial charge in [-0.2, -0.15) is 5.10 Å². The van der Waals surface area contributed by atoms with Gasteiger partial charge in [0.1, 0.15) is 5.75 Å². The van der Waals surface area contributed by atoms with Gasteiger partial charge in [-0.3, -0.25) is 4.79 Å². The maximum atomic E-state index is 12.4. The van der Waals surface area contributed by atoms with Gasteiger partial charge in [0.15, 0.2) is 0 Å². The van der Waals surface area contributed by atoms with Gasteiger partial charge in [-0.1, -0.05) is 12.1 Å². The molecule has 0 bridgehead atoms. The smallest absolute Gasteiger partial charge is 0.271 e. The van der Waals surface area contributed by atoms with Crippen molar-refractivity contribution in [3.05, 3.63) is 59.7 Å². The van der Waals surface area contributed by atoms with Crippen LogP contribution in [0.15, 0.2) is 53.6 Å². The fraction of sp³-hybridized carbons (Fsp3) is 0.300. The second-order valence-electron chi connectivity index (χ2n) is 5.81. The summed E-state index contributed by atoms with van der Waals surface area (Å²) >= 11 is 0. The molecule has 5 nitrogen and oxygen atoms in total. The third-order valence-electron chi connectivity index (χ3n) is 4.34. The fourth-order valence-electron chi connectivity index (χ4n) is 2.93. The average molecular weight is 337 g/mol. The van der Waals surface area contributed by atoms with Crippen LogP contribution in [0.25, 0.3) is 0 Å². The summed E-state index contributed by atoms with van der Waals surface area (Å²) in [7, 11) is 0. The van der Waals surface area contributed by atoms with E-state index in [1.807, 2.05) is 48.5 Å². The molecule has 0 fully saturated rings. The molecule has 0 radical (unpaired) electrons. The van der Waals surface area contributed by atoms with Crippen LogP contribution in [0.1, 0.15) is 36.2 Å². The maximum absolute atomic E-state index is 12.4. The van der Waals surface area contributed by atoms with E-state index >= 15 is 0 Å². The first-order chi connectivity index (χ1) is 12.2. The number of carbonyl (C=O) groups is 1. The zero-order chi connectivity index (χ0) is 17.6. The summed E-state index contributed by atoms with van der Waals surface area (Å²) in [6.45, 7) is 6.69. The molecule has 1 amide bonds. The van der Waals surface area contributed by atoms with Crippen molar-refractivity contribution < 1.29 is 9.53 Å². The quantitative estimate of drug-likeness (QED) is 0.850. The normalized spacial score (nSPS) is 14.6. The van der Waals surface area contributed by atoms with Crippen molar-refractivity contribution in [2.24, 2.45) is 5.10 Å². The largest absolute Gasteiger partial charge is 0.492 e. The Bertz CT molecular complexity index is 765. The molecular formula is C20H23N3O2. The molecule has 2 aromatic rings.